The Morgan fingerprint density at radius 3 is 1.69 bits per heavy atom. The molecular weight excluding hydrogens is 277 g/mol. The van der Waals surface area contributed by atoms with E-state index in [-0.39, 0.29) is 5.79 Å². The Labute approximate surface area is 115 Å². The standard InChI is InChI=1S/C12H22N3.Zr/c1-13(2)12(14(3)4,15(5)6)11-9-7-8-10-11;/h7,9H,8H2,1-6H3;. The van der Waals surface area contributed by atoms with Crippen LogP contribution < -0.4 is 0 Å². The molecule has 1 aliphatic carbocycles. The van der Waals surface area contributed by atoms with E-state index in [0.717, 1.165) is 6.42 Å². The van der Waals surface area contributed by atoms with Gasteiger partial charge in [-0.05, 0) is 0 Å². The van der Waals surface area contributed by atoms with Crippen molar-refractivity contribution < 1.29 is 24.7 Å². The SMILES string of the molecule is CN(C)C(C1=[C]([Zr])CC=C1)(N(C)C)N(C)C. The van der Waals surface area contributed by atoms with Crippen LogP contribution in [0.1, 0.15) is 6.42 Å². The second kappa shape index (κ2) is 5.26. The molecule has 16 heavy (non-hydrogen) atoms. The summed E-state index contributed by atoms with van der Waals surface area (Å²) in [4.78, 5) is 6.84. The number of hydrogen-bond acceptors (Lipinski definition) is 3. The van der Waals surface area contributed by atoms with Crippen molar-refractivity contribution in [3.8, 4) is 0 Å². The minimum absolute atomic E-state index is 0.133. The molecule has 0 aromatic rings. The molecule has 0 saturated carbocycles. The fourth-order valence-corrected chi connectivity index (χ4v) is 3.65. The molecule has 0 aromatic heterocycles. The second-order valence-corrected chi connectivity index (χ2v) is 6.30. The predicted molar refractivity (Wildman–Crippen MR) is 64.6 cm³/mol. The summed E-state index contributed by atoms with van der Waals surface area (Å²) in [5.41, 5.74) is 1.44. The Hall–Kier alpha value is 0.243. The molecular formula is C12H22N3Zr. The Morgan fingerprint density at radius 2 is 1.44 bits per heavy atom. The third-order valence-electron chi connectivity index (χ3n) is 3.16. The average molecular weight is 300 g/mol. The fourth-order valence-electron chi connectivity index (χ4n) is 2.74. The van der Waals surface area contributed by atoms with E-state index in [0.29, 0.717) is 0 Å². The van der Waals surface area contributed by atoms with Crippen molar-refractivity contribution in [3.05, 3.63) is 21.0 Å². The van der Waals surface area contributed by atoms with Crippen LogP contribution in [0.15, 0.2) is 21.0 Å². The van der Waals surface area contributed by atoms with Crippen LogP contribution in [0.3, 0.4) is 0 Å². The Morgan fingerprint density at radius 1 is 1.00 bits per heavy atom. The molecule has 0 aromatic carbocycles. The molecule has 0 heterocycles. The van der Waals surface area contributed by atoms with Gasteiger partial charge in [0.25, 0.3) is 0 Å². The second-order valence-electron chi connectivity index (χ2n) is 4.82. The molecule has 0 bridgehead atoms. The van der Waals surface area contributed by atoms with Gasteiger partial charge in [-0.15, -0.1) is 0 Å². The van der Waals surface area contributed by atoms with Gasteiger partial charge in [-0.2, -0.15) is 0 Å². The van der Waals surface area contributed by atoms with Gasteiger partial charge in [0.1, 0.15) is 0 Å². The van der Waals surface area contributed by atoms with Crippen LogP contribution in [-0.4, -0.2) is 62.8 Å². The van der Waals surface area contributed by atoms with Crippen molar-refractivity contribution in [2.75, 3.05) is 42.3 Å². The summed E-state index contributed by atoms with van der Waals surface area (Å²) >= 11 is 1.52. The van der Waals surface area contributed by atoms with Crippen molar-refractivity contribution in [3.63, 3.8) is 0 Å². The quantitative estimate of drug-likeness (QED) is 0.720. The summed E-state index contributed by atoms with van der Waals surface area (Å²) in [6.45, 7) is 0. The third kappa shape index (κ3) is 2.13. The van der Waals surface area contributed by atoms with Crippen LogP contribution in [0.5, 0.6) is 0 Å². The topological polar surface area (TPSA) is 9.72 Å². The van der Waals surface area contributed by atoms with Crippen molar-refractivity contribution in [1.82, 2.24) is 14.7 Å². The van der Waals surface area contributed by atoms with Gasteiger partial charge in [0.2, 0.25) is 0 Å². The normalized spacial score (nSPS) is 17.2. The predicted octanol–water partition coefficient (Wildman–Crippen LogP) is 1.09. The van der Waals surface area contributed by atoms with Crippen molar-refractivity contribution >= 4 is 0 Å². The number of rotatable bonds is 4. The maximum absolute atomic E-state index is 2.28. The molecule has 3 nitrogen and oxygen atoms in total. The van der Waals surface area contributed by atoms with Gasteiger partial charge >= 0.3 is 115 Å². The zero-order valence-electron chi connectivity index (χ0n) is 11.2. The molecule has 0 fully saturated rings. The van der Waals surface area contributed by atoms with E-state index in [9.17, 15) is 0 Å². The molecule has 1 aliphatic rings. The maximum atomic E-state index is 2.28. The van der Waals surface area contributed by atoms with Crippen molar-refractivity contribution in [2.45, 2.75) is 12.2 Å². The first-order valence-corrected chi connectivity index (χ1v) is 6.72. The molecule has 0 unspecified atom stereocenters. The van der Waals surface area contributed by atoms with Crippen molar-refractivity contribution in [1.29, 1.82) is 0 Å². The molecule has 0 N–H and O–H groups in total. The Kier molecular flexibility index (Phi) is 4.70. The van der Waals surface area contributed by atoms with E-state index >= 15 is 0 Å². The van der Waals surface area contributed by atoms with Crippen LogP contribution >= 0.6 is 0 Å². The van der Waals surface area contributed by atoms with Gasteiger partial charge in [-0.25, -0.2) is 0 Å². The van der Waals surface area contributed by atoms with Crippen LogP contribution in [-0.2, 0) is 24.7 Å². The van der Waals surface area contributed by atoms with Crippen LogP contribution in [0.4, 0.5) is 0 Å². The van der Waals surface area contributed by atoms with E-state index < -0.39 is 0 Å². The third-order valence-corrected chi connectivity index (χ3v) is 4.33. The average Bonchev–Trinajstić information content (AvgIpc) is 2.51. The van der Waals surface area contributed by atoms with Crippen LogP contribution in [0.25, 0.3) is 0 Å². The number of hydrogen-bond donors (Lipinski definition) is 0. The first-order valence-electron chi connectivity index (χ1n) is 5.49. The summed E-state index contributed by atoms with van der Waals surface area (Å²) < 4.78 is 1.54. The Balaban J connectivity index is 3.33. The zero-order valence-corrected chi connectivity index (χ0v) is 13.7. The summed E-state index contributed by atoms with van der Waals surface area (Å²) in [6, 6.07) is 0. The van der Waals surface area contributed by atoms with Gasteiger partial charge in [0.15, 0.2) is 0 Å². The molecule has 0 atom stereocenters. The van der Waals surface area contributed by atoms with Gasteiger partial charge < -0.3 is 0 Å². The first-order chi connectivity index (χ1) is 7.35. The van der Waals surface area contributed by atoms with Crippen LogP contribution in [0.2, 0.25) is 0 Å². The minimum atomic E-state index is -0.133. The van der Waals surface area contributed by atoms with E-state index in [1.165, 1.54) is 30.3 Å². The first kappa shape index (κ1) is 14.3. The van der Waals surface area contributed by atoms with E-state index in [2.05, 4.69) is 69.1 Å². The number of likely N-dealkylation sites (N-methyl/N-ethyl adjacent to an activating group) is 3. The molecule has 0 saturated heterocycles. The van der Waals surface area contributed by atoms with Gasteiger partial charge in [-0.3, -0.25) is 0 Å². The number of allylic oxidation sites excluding steroid dienone is 2. The Bertz CT molecular complexity index is 294. The summed E-state index contributed by atoms with van der Waals surface area (Å²) in [7, 11) is 12.8. The molecule has 0 aliphatic heterocycles. The van der Waals surface area contributed by atoms with Crippen LogP contribution in [0, 0.1) is 0 Å². The van der Waals surface area contributed by atoms with Gasteiger partial charge in [0.05, 0.1) is 0 Å². The molecule has 89 valence electrons. The van der Waals surface area contributed by atoms with E-state index in [1.807, 2.05) is 0 Å². The molecule has 4 heteroatoms. The van der Waals surface area contributed by atoms with E-state index in [1.54, 1.807) is 3.28 Å². The summed E-state index contributed by atoms with van der Waals surface area (Å²) in [5.74, 6) is -0.133. The fraction of sp³-hybridized carbons (Fsp3) is 0.667. The summed E-state index contributed by atoms with van der Waals surface area (Å²) in [6.07, 6.45) is 5.67. The zero-order chi connectivity index (χ0) is 12.5. The van der Waals surface area contributed by atoms with Crippen molar-refractivity contribution in [2.24, 2.45) is 0 Å². The molecule has 0 radical (unpaired) electrons. The molecule has 0 amide bonds. The van der Waals surface area contributed by atoms with Gasteiger partial charge in [0, 0.05) is 0 Å². The monoisotopic (exact) mass is 298 g/mol. The number of nitrogens with zero attached hydrogens (tertiary/aromatic N) is 3. The van der Waals surface area contributed by atoms with Gasteiger partial charge in [-0.1, -0.05) is 0 Å². The molecule has 1 rings (SSSR count). The van der Waals surface area contributed by atoms with E-state index in [4.69, 9.17) is 0 Å². The summed E-state index contributed by atoms with van der Waals surface area (Å²) in [5, 5.41) is 0. The molecule has 0 spiro atoms.